The molecule has 0 radical (unpaired) electrons. The molecule has 0 aromatic rings. The minimum absolute atomic E-state index is 0.0514. The molecule has 1 rings (SSSR count). The van der Waals surface area contributed by atoms with Gasteiger partial charge in [0.1, 0.15) is 5.60 Å². The molecule has 2 atom stereocenters. The summed E-state index contributed by atoms with van der Waals surface area (Å²) in [6, 6.07) is 0.796. The van der Waals surface area contributed by atoms with Gasteiger partial charge in [-0.05, 0) is 46.5 Å². The molecule has 1 saturated carbocycles. The van der Waals surface area contributed by atoms with Crippen molar-refractivity contribution in [1.82, 2.24) is 5.32 Å². The van der Waals surface area contributed by atoms with Crippen molar-refractivity contribution in [3.8, 4) is 12.8 Å². The van der Waals surface area contributed by atoms with E-state index in [1.54, 1.807) is 20.8 Å². The number of carbonyl (C=O) groups excluding carboxylic acids is 1. The van der Waals surface area contributed by atoms with Crippen molar-refractivity contribution >= 4 is 12.1 Å². The Bertz CT molecular complexity index is 357. The smallest absolute Gasteiger partial charge is 0.407 e. The normalized spacial score (nSPS) is 18.1. The molecule has 0 aliphatic heterocycles. The largest absolute Gasteiger partial charge is 0.481 e. The van der Waals surface area contributed by atoms with Crippen LogP contribution in [0.2, 0.25) is 0 Å². The summed E-state index contributed by atoms with van der Waals surface area (Å²) >= 11 is 0. The molecule has 0 unspecified atom stereocenters. The van der Waals surface area contributed by atoms with Gasteiger partial charge in [0.25, 0.3) is 0 Å². The molecule has 148 valence electrons. The monoisotopic (exact) mass is 359 g/mol. The van der Waals surface area contributed by atoms with E-state index in [0.717, 1.165) is 19.3 Å². The summed E-state index contributed by atoms with van der Waals surface area (Å²) < 4.78 is 4.95. The molecule has 7 heteroatoms. The number of amides is 1. The molecule has 6 N–H and O–H groups in total. The quantitative estimate of drug-likeness (QED) is 0.451. The highest BCUT2D eigenvalue weighted by Crippen LogP contribution is 2.14. The summed E-state index contributed by atoms with van der Waals surface area (Å²) in [6.07, 6.45) is 11.2. The zero-order valence-corrected chi connectivity index (χ0v) is 16.4. The fourth-order valence-electron chi connectivity index (χ4n) is 1.80. The van der Waals surface area contributed by atoms with Crippen molar-refractivity contribution in [2.75, 3.05) is 6.54 Å². The van der Waals surface area contributed by atoms with Gasteiger partial charge in [0.05, 0.1) is 0 Å². The Morgan fingerprint density at radius 2 is 1.60 bits per heavy atom. The first-order chi connectivity index (χ1) is 11.6. The van der Waals surface area contributed by atoms with E-state index in [9.17, 15) is 9.59 Å². The van der Waals surface area contributed by atoms with E-state index in [4.69, 9.17) is 21.3 Å². The van der Waals surface area contributed by atoms with E-state index < -0.39 is 17.7 Å². The summed E-state index contributed by atoms with van der Waals surface area (Å²) in [5, 5.41) is 10.8. The van der Waals surface area contributed by atoms with Gasteiger partial charge < -0.3 is 26.6 Å². The number of hydrogen-bond acceptors (Lipinski definition) is 5. The van der Waals surface area contributed by atoms with Crippen molar-refractivity contribution in [2.45, 2.75) is 84.4 Å². The van der Waals surface area contributed by atoms with E-state index in [-0.39, 0.29) is 6.42 Å². The van der Waals surface area contributed by atoms with Gasteiger partial charge in [-0.2, -0.15) is 0 Å². The number of nitrogens with one attached hydrogen (secondary N) is 1. The third kappa shape index (κ3) is 24.6. The lowest BCUT2D eigenvalue weighted by Crippen LogP contribution is -2.33. The molecule has 1 fully saturated rings. The van der Waals surface area contributed by atoms with E-state index in [0.29, 0.717) is 25.0 Å². The lowest BCUT2D eigenvalue weighted by Gasteiger charge is -2.19. The minimum atomic E-state index is -0.865. The Morgan fingerprint density at radius 1 is 1.16 bits per heavy atom. The van der Waals surface area contributed by atoms with Gasteiger partial charge in [-0.15, -0.1) is 12.8 Å². The summed E-state index contributed by atoms with van der Waals surface area (Å²) in [5.74, 6) is -0.865. The molecule has 1 aliphatic carbocycles. The number of terminal acetylenes is 1. The van der Waals surface area contributed by atoms with Crippen LogP contribution in [0.5, 0.6) is 0 Å². The van der Waals surface area contributed by atoms with Gasteiger partial charge in [-0.3, -0.25) is 4.79 Å². The number of carboxylic acids is 1. The maximum absolute atomic E-state index is 11.0. The highest BCUT2D eigenvalue weighted by molar-refractivity contribution is 5.68. The second-order valence-electron chi connectivity index (χ2n) is 6.26. The van der Waals surface area contributed by atoms with Crippen LogP contribution in [0.4, 0.5) is 4.79 Å². The number of carboxylic acid groups (broad SMARTS) is 1. The highest BCUT2D eigenvalue weighted by Gasteiger charge is 2.17. The van der Waals surface area contributed by atoms with E-state index in [1.165, 1.54) is 0 Å². The number of alkyl carbamates (subject to hydrolysis) is 1. The van der Waals surface area contributed by atoms with Crippen LogP contribution >= 0.6 is 0 Å². The van der Waals surface area contributed by atoms with Crippen molar-refractivity contribution in [2.24, 2.45) is 11.5 Å². The zero-order chi connectivity index (χ0) is 20.5. The van der Waals surface area contributed by atoms with Gasteiger partial charge >= 0.3 is 12.1 Å². The van der Waals surface area contributed by atoms with Gasteiger partial charge in [0.2, 0.25) is 0 Å². The minimum Gasteiger partial charge on any atom is -0.481 e. The average molecular weight is 360 g/mol. The number of carbonyl (C=O) groups is 2. The molecule has 0 aromatic carbocycles. The standard InChI is InChI=1S/C9H17NO4.C5H12N2.C2H6.C2H2/c1-9(2,3)14-8(13)10-6-4-5-7(11)12;6-4-1-2-5(7)3-4;2*1-2/h4-6H2,1-3H3,(H,10,13)(H,11,12);4-5H,1-3,6-7H2;1-2H3;1-2H/t;4-,5+;;. The van der Waals surface area contributed by atoms with Crippen LogP contribution in [-0.2, 0) is 9.53 Å². The number of ether oxygens (including phenoxy) is 1. The Hall–Kier alpha value is -1.78. The number of aliphatic carboxylic acids is 1. The van der Waals surface area contributed by atoms with Crippen LogP contribution in [0, 0.1) is 12.8 Å². The van der Waals surface area contributed by atoms with E-state index in [2.05, 4.69) is 18.2 Å². The average Bonchev–Trinajstić information content (AvgIpc) is 2.90. The highest BCUT2D eigenvalue weighted by atomic mass is 16.6. The molecule has 25 heavy (non-hydrogen) atoms. The Morgan fingerprint density at radius 3 is 1.88 bits per heavy atom. The van der Waals surface area contributed by atoms with Crippen LogP contribution in [-0.4, -0.2) is 41.4 Å². The van der Waals surface area contributed by atoms with Crippen molar-refractivity contribution in [3.05, 3.63) is 0 Å². The van der Waals surface area contributed by atoms with Gasteiger partial charge in [-0.25, -0.2) is 4.79 Å². The summed E-state index contributed by atoms with van der Waals surface area (Å²) in [6.45, 7) is 9.62. The van der Waals surface area contributed by atoms with Crippen LogP contribution < -0.4 is 16.8 Å². The second kappa shape index (κ2) is 17.1. The van der Waals surface area contributed by atoms with Crippen LogP contribution in [0.3, 0.4) is 0 Å². The maximum atomic E-state index is 11.0. The second-order valence-corrected chi connectivity index (χ2v) is 6.26. The maximum Gasteiger partial charge on any atom is 0.407 e. The SMILES string of the molecule is C#C.CC.CC(C)(C)OC(=O)NCCCC(=O)O.N[C@@H]1CC[C@H](N)C1. The van der Waals surface area contributed by atoms with Crippen molar-refractivity contribution < 1.29 is 19.4 Å². The lowest BCUT2D eigenvalue weighted by atomic mass is 10.2. The molecule has 0 bridgehead atoms. The summed E-state index contributed by atoms with van der Waals surface area (Å²) in [5.41, 5.74) is 10.6. The molecular formula is C18H37N3O4. The zero-order valence-electron chi connectivity index (χ0n) is 16.4. The summed E-state index contributed by atoms with van der Waals surface area (Å²) in [7, 11) is 0. The van der Waals surface area contributed by atoms with E-state index in [1.807, 2.05) is 13.8 Å². The van der Waals surface area contributed by atoms with Crippen molar-refractivity contribution in [3.63, 3.8) is 0 Å². The predicted octanol–water partition coefficient (Wildman–Crippen LogP) is 2.48. The van der Waals surface area contributed by atoms with Gasteiger partial charge in [0, 0.05) is 25.0 Å². The molecule has 0 saturated heterocycles. The Kier molecular flexibility index (Phi) is 19.1. The van der Waals surface area contributed by atoms with Gasteiger partial charge in [0.15, 0.2) is 0 Å². The molecule has 0 heterocycles. The Balaban J connectivity index is -0.000000365. The third-order valence-corrected chi connectivity index (χ3v) is 2.75. The van der Waals surface area contributed by atoms with E-state index >= 15 is 0 Å². The third-order valence-electron chi connectivity index (χ3n) is 2.75. The topological polar surface area (TPSA) is 128 Å². The predicted molar refractivity (Wildman–Crippen MR) is 102 cm³/mol. The fraction of sp³-hybridized carbons (Fsp3) is 0.778. The molecule has 0 spiro atoms. The molecular weight excluding hydrogens is 322 g/mol. The Labute approximate surface area is 152 Å². The lowest BCUT2D eigenvalue weighted by molar-refractivity contribution is -0.137. The first-order valence-corrected chi connectivity index (χ1v) is 8.63. The van der Waals surface area contributed by atoms with Crippen LogP contribution in [0.15, 0.2) is 0 Å². The number of rotatable bonds is 4. The van der Waals surface area contributed by atoms with Crippen LogP contribution in [0.1, 0.15) is 66.7 Å². The molecule has 1 aliphatic rings. The van der Waals surface area contributed by atoms with Crippen molar-refractivity contribution in [1.29, 1.82) is 0 Å². The first kappa shape index (κ1) is 28.0. The molecule has 1 amide bonds. The molecule has 7 nitrogen and oxygen atoms in total. The number of hydrogen-bond donors (Lipinski definition) is 4. The molecule has 0 aromatic heterocycles. The number of nitrogens with two attached hydrogens (primary N) is 2. The summed E-state index contributed by atoms with van der Waals surface area (Å²) in [4.78, 5) is 21.2. The fourth-order valence-corrected chi connectivity index (χ4v) is 1.80. The first-order valence-electron chi connectivity index (χ1n) is 8.63. The van der Waals surface area contributed by atoms with Crippen LogP contribution in [0.25, 0.3) is 0 Å². The van der Waals surface area contributed by atoms with Gasteiger partial charge in [-0.1, -0.05) is 13.8 Å².